The molecule has 0 unspecified atom stereocenters. The van der Waals surface area contributed by atoms with E-state index in [2.05, 4.69) is 52.9 Å². The normalized spacial score (nSPS) is 19.5. The van der Waals surface area contributed by atoms with Crippen LogP contribution in [0.3, 0.4) is 0 Å². The Morgan fingerprint density at radius 1 is 1.07 bits per heavy atom. The second-order valence-electron chi connectivity index (χ2n) is 4.26. The maximum Gasteiger partial charge on any atom is 0.0822 e. The summed E-state index contributed by atoms with van der Waals surface area (Å²) in [6.45, 7) is 0. The molecule has 2 heteroatoms. The van der Waals surface area contributed by atoms with Crippen molar-refractivity contribution in [2.24, 2.45) is 0 Å². The van der Waals surface area contributed by atoms with Crippen molar-refractivity contribution in [2.75, 3.05) is 0 Å². The SMILES string of the molecule is N#CC1(c2ccc(I)cc2)CCCCC1. The van der Waals surface area contributed by atoms with Crippen molar-refractivity contribution < 1.29 is 0 Å². The van der Waals surface area contributed by atoms with Gasteiger partial charge in [0.1, 0.15) is 0 Å². The molecule has 1 aromatic rings. The summed E-state index contributed by atoms with van der Waals surface area (Å²) in [6.07, 6.45) is 5.74. The molecule has 0 aliphatic heterocycles. The summed E-state index contributed by atoms with van der Waals surface area (Å²) in [7, 11) is 0. The molecule has 0 bridgehead atoms. The van der Waals surface area contributed by atoms with Crippen molar-refractivity contribution >= 4 is 22.6 Å². The van der Waals surface area contributed by atoms with Gasteiger partial charge in [0.15, 0.2) is 0 Å². The maximum absolute atomic E-state index is 9.41. The Hall–Kier alpha value is -0.560. The molecule has 78 valence electrons. The molecule has 1 aliphatic carbocycles. The monoisotopic (exact) mass is 311 g/mol. The smallest absolute Gasteiger partial charge is 0.0822 e. The van der Waals surface area contributed by atoms with Gasteiger partial charge in [0.2, 0.25) is 0 Å². The Bertz CT molecular complexity index is 369. The van der Waals surface area contributed by atoms with Crippen molar-refractivity contribution in [1.29, 1.82) is 5.26 Å². The van der Waals surface area contributed by atoms with Gasteiger partial charge in [0, 0.05) is 3.57 Å². The highest BCUT2D eigenvalue weighted by Gasteiger charge is 2.33. The molecule has 0 saturated heterocycles. The van der Waals surface area contributed by atoms with E-state index in [1.54, 1.807) is 0 Å². The molecule has 1 aromatic carbocycles. The molecule has 0 amide bonds. The van der Waals surface area contributed by atoms with Crippen LogP contribution in [0.15, 0.2) is 24.3 Å². The number of benzene rings is 1. The predicted molar refractivity (Wildman–Crippen MR) is 69.5 cm³/mol. The molecule has 1 nitrogen and oxygen atoms in total. The van der Waals surface area contributed by atoms with Gasteiger partial charge in [-0.05, 0) is 53.1 Å². The Kier molecular flexibility index (Phi) is 3.30. The Labute approximate surface area is 105 Å². The van der Waals surface area contributed by atoms with E-state index in [0.29, 0.717) is 0 Å². The molecule has 0 heterocycles. The Morgan fingerprint density at radius 2 is 1.67 bits per heavy atom. The Morgan fingerprint density at radius 3 is 2.20 bits per heavy atom. The van der Waals surface area contributed by atoms with Crippen LogP contribution in [0, 0.1) is 14.9 Å². The molecule has 0 N–H and O–H groups in total. The summed E-state index contributed by atoms with van der Waals surface area (Å²) >= 11 is 2.30. The van der Waals surface area contributed by atoms with Crippen LogP contribution in [0.25, 0.3) is 0 Å². The van der Waals surface area contributed by atoms with Crippen molar-refractivity contribution in [2.45, 2.75) is 37.5 Å². The zero-order chi connectivity index (χ0) is 10.7. The van der Waals surface area contributed by atoms with E-state index in [1.807, 2.05) is 0 Å². The standard InChI is InChI=1S/C13H14IN/c14-12-6-4-11(5-7-12)13(10-15)8-2-1-3-9-13/h4-7H,1-3,8-9H2. The molecule has 15 heavy (non-hydrogen) atoms. The first-order chi connectivity index (χ1) is 7.27. The van der Waals surface area contributed by atoms with Crippen molar-refractivity contribution in [1.82, 2.24) is 0 Å². The number of hydrogen-bond donors (Lipinski definition) is 0. The third-order valence-electron chi connectivity index (χ3n) is 3.32. The van der Waals surface area contributed by atoms with Crippen LogP contribution in [-0.2, 0) is 5.41 Å². The minimum absolute atomic E-state index is 0.192. The zero-order valence-corrected chi connectivity index (χ0v) is 10.8. The van der Waals surface area contributed by atoms with E-state index in [9.17, 15) is 5.26 Å². The second-order valence-corrected chi connectivity index (χ2v) is 5.51. The van der Waals surface area contributed by atoms with Gasteiger partial charge in [0.25, 0.3) is 0 Å². The molecule has 0 radical (unpaired) electrons. The van der Waals surface area contributed by atoms with E-state index in [4.69, 9.17) is 0 Å². The Balaban J connectivity index is 2.33. The maximum atomic E-state index is 9.41. The number of hydrogen-bond acceptors (Lipinski definition) is 1. The van der Waals surface area contributed by atoms with E-state index in [-0.39, 0.29) is 5.41 Å². The summed E-state index contributed by atoms with van der Waals surface area (Å²) < 4.78 is 1.24. The van der Waals surface area contributed by atoms with E-state index in [1.165, 1.54) is 28.4 Å². The van der Waals surface area contributed by atoms with Crippen LogP contribution in [0.4, 0.5) is 0 Å². The fraction of sp³-hybridized carbons (Fsp3) is 0.462. The molecule has 1 aliphatic rings. The predicted octanol–water partition coefficient (Wildman–Crippen LogP) is 4.02. The van der Waals surface area contributed by atoms with Crippen LogP contribution in [0.2, 0.25) is 0 Å². The molecule has 1 fully saturated rings. The van der Waals surface area contributed by atoms with Gasteiger partial charge in [-0.2, -0.15) is 5.26 Å². The number of halogens is 1. The van der Waals surface area contributed by atoms with E-state index < -0.39 is 0 Å². The molecule has 0 aromatic heterocycles. The third-order valence-corrected chi connectivity index (χ3v) is 4.04. The first-order valence-corrected chi connectivity index (χ1v) is 6.52. The minimum Gasteiger partial charge on any atom is -0.197 e. The van der Waals surface area contributed by atoms with Gasteiger partial charge in [-0.1, -0.05) is 31.4 Å². The molecular formula is C13H14IN. The zero-order valence-electron chi connectivity index (χ0n) is 8.67. The molecular weight excluding hydrogens is 297 g/mol. The summed E-state index contributed by atoms with van der Waals surface area (Å²) in [5.41, 5.74) is 1.02. The third kappa shape index (κ3) is 2.17. The van der Waals surface area contributed by atoms with E-state index >= 15 is 0 Å². The molecule has 0 atom stereocenters. The lowest BCUT2D eigenvalue weighted by Gasteiger charge is -2.31. The average Bonchev–Trinajstić information content (AvgIpc) is 2.31. The van der Waals surface area contributed by atoms with Gasteiger partial charge in [-0.25, -0.2) is 0 Å². The minimum atomic E-state index is -0.192. The van der Waals surface area contributed by atoms with Crippen LogP contribution < -0.4 is 0 Å². The summed E-state index contributed by atoms with van der Waals surface area (Å²) in [5.74, 6) is 0. The first kappa shape index (κ1) is 10.9. The van der Waals surface area contributed by atoms with Crippen LogP contribution in [0.5, 0.6) is 0 Å². The van der Waals surface area contributed by atoms with Gasteiger partial charge in [-0.15, -0.1) is 0 Å². The number of nitrogens with zero attached hydrogens (tertiary/aromatic N) is 1. The van der Waals surface area contributed by atoms with Gasteiger partial charge in [-0.3, -0.25) is 0 Å². The van der Waals surface area contributed by atoms with Crippen LogP contribution in [0.1, 0.15) is 37.7 Å². The van der Waals surface area contributed by atoms with E-state index in [0.717, 1.165) is 12.8 Å². The van der Waals surface area contributed by atoms with Crippen molar-refractivity contribution in [3.63, 3.8) is 0 Å². The number of rotatable bonds is 1. The van der Waals surface area contributed by atoms with Crippen LogP contribution in [-0.4, -0.2) is 0 Å². The highest BCUT2D eigenvalue weighted by molar-refractivity contribution is 14.1. The lowest BCUT2D eigenvalue weighted by Crippen LogP contribution is -2.26. The fourth-order valence-electron chi connectivity index (χ4n) is 2.39. The van der Waals surface area contributed by atoms with Crippen molar-refractivity contribution in [3.8, 4) is 6.07 Å². The quantitative estimate of drug-likeness (QED) is 0.719. The van der Waals surface area contributed by atoms with Gasteiger partial charge < -0.3 is 0 Å². The second kappa shape index (κ2) is 4.52. The fourth-order valence-corrected chi connectivity index (χ4v) is 2.75. The highest BCUT2D eigenvalue weighted by atomic mass is 127. The summed E-state index contributed by atoms with van der Waals surface area (Å²) in [6, 6.07) is 11.0. The summed E-state index contributed by atoms with van der Waals surface area (Å²) in [4.78, 5) is 0. The van der Waals surface area contributed by atoms with Gasteiger partial charge in [0.05, 0.1) is 11.5 Å². The van der Waals surface area contributed by atoms with Crippen molar-refractivity contribution in [3.05, 3.63) is 33.4 Å². The molecule has 2 rings (SSSR count). The average molecular weight is 311 g/mol. The number of nitriles is 1. The highest BCUT2D eigenvalue weighted by Crippen LogP contribution is 2.38. The molecule has 0 spiro atoms. The van der Waals surface area contributed by atoms with Gasteiger partial charge >= 0.3 is 0 Å². The first-order valence-electron chi connectivity index (χ1n) is 5.44. The summed E-state index contributed by atoms with van der Waals surface area (Å²) in [5, 5.41) is 9.41. The van der Waals surface area contributed by atoms with Crippen LogP contribution >= 0.6 is 22.6 Å². The lowest BCUT2D eigenvalue weighted by molar-refractivity contribution is 0.366. The molecule has 1 saturated carbocycles. The topological polar surface area (TPSA) is 23.8 Å². The largest absolute Gasteiger partial charge is 0.197 e. The lowest BCUT2D eigenvalue weighted by atomic mass is 9.70.